The van der Waals surface area contributed by atoms with E-state index in [1.54, 1.807) is 18.3 Å². The van der Waals surface area contributed by atoms with Crippen molar-refractivity contribution in [1.82, 2.24) is 14.8 Å². The van der Waals surface area contributed by atoms with Crippen molar-refractivity contribution < 1.29 is 4.79 Å². The first kappa shape index (κ1) is 13.8. The van der Waals surface area contributed by atoms with Crippen LogP contribution in [0.15, 0.2) is 18.3 Å². The molecule has 0 radical (unpaired) electrons. The lowest BCUT2D eigenvalue weighted by molar-refractivity contribution is 0.0316. The normalized spacial score (nSPS) is 27.2. The number of amides is 1. The lowest BCUT2D eigenvalue weighted by atomic mass is 9.84. The lowest BCUT2D eigenvalue weighted by Gasteiger charge is -2.45. The summed E-state index contributed by atoms with van der Waals surface area (Å²) >= 11 is 5.77. The zero-order valence-electron chi connectivity index (χ0n) is 11.8. The van der Waals surface area contributed by atoms with Gasteiger partial charge in [-0.05, 0) is 50.9 Å². The summed E-state index contributed by atoms with van der Waals surface area (Å²) in [5.41, 5.74) is 0.636. The smallest absolute Gasteiger partial charge is 0.255 e. The molecule has 0 aromatic carbocycles. The highest BCUT2D eigenvalue weighted by molar-refractivity contribution is 6.29. The number of pyridine rings is 1. The quantitative estimate of drug-likeness (QED) is 0.746. The number of halogens is 1. The number of fused-ring (bicyclic) bond motifs is 1. The lowest BCUT2D eigenvalue weighted by Crippen LogP contribution is -2.53. The van der Waals surface area contributed by atoms with Gasteiger partial charge in [-0.2, -0.15) is 0 Å². The van der Waals surface area contributed by atoms with Crippen LogP contribution in [0.1, 0.15) is 29.6 Å². The summed E-state index contributed by atoms with van der Waals surface area (Å²) in [5, 5.41) is 0.425. The molecule has 2 aliphatic heterocycles. The summed E-state index contributed by atoms with van der Waals surface area (Å²) < 4.78 is 0. The highest BCUT2D eigenvalue weighted by Crippen LogP contribution is 2.30. The van der Waals surface area contributed by atoms with Crippen molar-refractivity contribution >= 4 is 17.5 Å². The Morgan fingerprint density at radius 3 is 2.95 bits per heavy atom. The highest BCUT2D eigenvalue weighted by Gasteiger charge is 2.35. The van der Waals surface area contributed by atoms with Crippen LogP contribution in [0.2, 0.25) is 5.15 Å². The van der Waals surface area contributed by atoms with Crippen molar-refractivity contribution in [1.29, 1.82) is 0 Å². The van der Waals surface area contributed by atoms with Gasteiger partial charge in [-0.15, -0.1) is 0 Å². The van der Waals surface area contributed by atoms with Crippen LogP contribution >= 0.6 is 11.6 Å². The van der Waals surface area contributed by atoms with Crippen molar-refractivity contribution in [3.8, 4) is 0 Å². The number of rotatable bonds is 1. The van der Waals surface area contributed by atoms with E-state index < -0.39 is 0 Å². The second-order valence-electron chi connectivity index (χ2n) is 5.86. The van der Waals surface area contributed by atoms with Crippen LogP contribution in [0.3, 0.4) is 0 Å². The standard InChI is InChI=1S/C15H20ClN3O/c1-18-7-2-3-12-10-19(8-6-13(12)18)15(20)11-4-5-14(16)17-9-11/h4-5,9,12-13H,2-3,6-8,10H2,1H3. The molecule has 4 nitrogen and oxygen atoms in total. The van der Waals surface area contributed by atoms with Gasteiger partial charge in [0, 0.05) is 25.3 Å². The third kappa shape index (κ3) is 2.67. The fourth-order valence-electron chi connectivity index (χ4n) is 3.52. The Bertz CT molecular complexity index is 490. The maximum atomic E-state index is 12.5. The fraction of sp³-hybridized carbons (Fsp3) is 0.600. The number of aromatic nitrogens is 1. The molecule has 20 heavy (non-hydrogen) atoms. The number of hydrogen-bond acceptors (Lipinski definition) is 3. The number of carbonyl (C=O) groups excluding carboxylic acids is 1. The topological polar surface area (TPSA) is 36.4 Å². The van der Waals surface area contributed by atoms with Gasteiger partial charge in [-0.25, -0.2) is 4.98 Å². The van der Waals surface area contributed by atoms with E-state index in [0.29, 0.717) is 22.7 Å². The molecule has 2 saturated heterocycles. The zero-order valence-corrected chi connectivity index (χ0v) is 12.5. The Balaban J connectivity index is 1.69. The zero-order chi connectivity index (χ0) is 14.1. The van der Waals surface area contributed by atoms with E-state index in [4.69, 9.17) is 11.6 Å². The average Bonchev–Trinajstić information content (AvgIpc) is 2.47. The highest BCUT2D eigenvalue weighted by atomic mass is 35.5. The first-order valence-corrected chi connectivity index (χ1v) is 7.64. The Morgan fingerprint density at radius 2 is 2.20 bits per heavy atom. The Kier molecular flexibility index (Phi) is 3.94. The van der Waals surface area contributed by atoms with Gasteiger partial charge < -0.3 is 9.80 Å². The third-order valence-corrected chi connectivity index (χ3v) is 4.83. The molecule has 3 heterocycles. The van der Waals surface area contributed by atoms with E-state index in [1.807, 2.05) is 4.90 Å². The van der Waals surface area contributed by atoms with Crippen molar-refractivity contribution in [3.05, 3.63) is 29.0 Å². The van der Waals surface area contributed by atoms with E-state index in [2.05, 4.69) is 16.9 Å². The van der Waals surface area contributed by atoms with Crippen LogP contribution in [0, 0.1) is 5.92 Å². The van der Waals surface area contributed by atoms with Crippen LogP contribution in [0.4, 0.5) is 0 Å². The van der Waals surface area contributed by atoms with Crippen LogP contribution < -0.4 is 0 Å². The molecule has 5 heteroatoms. The Morgan fingerprint density at radius 1 is 1.35 bits per heavy atom. The molecule has 0 aliphatic carbocycles. The number of piperidine rings is 2. The molecule has 0 bridgehead atoms. The van der Waals surface area contributed by atoms with Crippen molar-refractivity contribution in [2.75, 3.05) is 26.7 Å². The van der Waals surface area contributed by atoms with Gasteiger partial charge in [0.05, 0.1) is 5.56 Å². The SMILES string of the molecule is CN1CCCC2CN(C(=O)c3ccc(Cl)nc3)CCC21. The first-order chi connectivity index (χ1) is 9.65. The van der Waals surface area contributed by atoms with Crippen LogP contribution in [0.25, 0.3) is 0 Å². The fourth-order valence-corrected chi connectivity index (χ4v) is 3.63. The molecule has 2 atom stereocenters. The summed E-state index contributed by atoms with van der Waals surface area (Å²) in [5.74, 6) is 0.701. The van der Waals surface area contributed by atoms with Gasteiger partial charge in [0.2, 0.25) is 0 Å². The van der Waals surface area contributed by atoms with Crippen LogP contribution in [0.5, 0.6) is 0 Å². The molecule has 0 saturated carbocycles. The summed E-state index contributed by atoms with van der Waals surface area (Å²) in [7, 11) is 2.21. The predicted octanol–water partition coefficient (Wildman–Crippen LogP) is 2.29. The van der Waals surface area contributed by atoms with E-state index in [-0.39, 0.29) is 5.91 Å². The van der Waals surface area contributed by atoms with E-state index >= 15 is 0 Å². The number of likely N-dealkylation sites (tertiary alicyclic amines) is 2. The molecule has 1 amide bonds. The van der Waals surface area contributed by atoms with Gasteiger partial charge in [0.15, 0.2) is 0 Å². The Labute approximate surface area is 124 Å². The van der Waals surface area contributed by atoms with Crippen LogP contribution in [-0.4, -0.2) is 53.4 Å². The van der Waals surface area contributed by atoms with E-state index in [0.717, 1.165) is 19.5 Å². The molecular formula is C15H20ClN3O. The van der Waals surface area contributed by atoms with Crippen LogP contribution in [-0.2, 0) is 0 Å². The predicted molar refractivity (Wildman–Crippen MR) is 78.9 cm³/mol. The molecule has 1 aromatic heterocycles. The first-order valence-electron chi connectivity index (χ1n) is 7.26. The van der Waals surface area contributed by atoms with E-state index in [1.165, 1.54) is 19.4 Å². The minimum Gasteiger partial charge on any atom is -0.338 e. The molecule has 2 fully saturated rings. The Hall–Kier alpha value is -1.13. The number of hydrogen-bond donors (Lipinski definition) is 0. The van der Waals surface area contributed by atoms with Gasteiger partial charge in [-0.3, -0.25) is 4.79 Å². The van der Waals surface area contributed by atoms with Gasteiger partial charge in [0.1, 0.15) is 5.15 Å². The van der Waals surface area contributed by atoms with Crippen molar-refractivity contribution in [2.24, 2.45) is 5.92 Å². The summed E-state index contributed by atoms with van der Waals surface area (Å²) in [6, 6.07) is 4.09. The summed E-state index contributed by atoms with van der Waals surface area (Å²) in [6.45, 7) is 2.90. The third-order valence-electron chi connectivity index (χ3n) is 4.61. The maximum absolute atomic E-state index is 12.5. The summed E-state index contributed by atoms with van der Waals surface area (Å²) in [6.07, 6.45) is 5.12. The van der Waals surface area contributed by atoms with Gasteiger partial charge in [-0.1, -0.05) is 11.6 Å². The molecule has 0 N–H and O–H groups in total. The largest absolute Gasteiger partial charge is 0.338 e. The molecule has 0 spiro atoms. The molecule has 3 rings (SSSR count). The van der Waals surface area contributed by atoms with E-state index in [9.17, 15) is 4.79 Å². The summed E-state index contributed by atoms with van der Waals surface area (Å²) in [4.78, 5) is 20.9. The van der Waals surface area contributed by atoms with Gasteiger partial charge in [0.25, 0.3) is 5.91 Å². The molecular weight excluding hydrogens is 274 g/mol. The molecule has 1 aromatic rings. The minimum atomic E-state index is 0.0841. The van der Waals surface area contributed by atoms with Gasteiger partial charge >= 0.3 is 0 Å². The second kappa shape index (κ2) is 5.70. The minimum absolute atomic E-state index is 0.0841. The average molecular weight is 294 g/mol. The molecule has 108 valence electrons. The monoisotopic (exact) mass is 293 g/mol. The molecule has 2 aliphatic rings. The van der Waals surface area contributed by atoms with Crippen molar-refractivity contribution in [2.45, 2.75) is 25.3 Å². The second-order valence-corrected chi connectivity index (χ2v) is 6.25. The number of carbonyl (C=O) groups is 1. The molecule has 2 unspecified atom stereocenters. The number of nitrogens with zero attached hydrogens (tertiary/aromatic N) is 3. The maximum Gasteiger partial charge on any atom is 0.255 e. The van der Waals surface area contributed by atoms with Crippen molar-refractivity contribution in [3.63, 3.8) is 0 Å².